The highest BCUT2D eigenvalue weighted by Gasteiger charge is 2.45. The number of aromatic amines is 1. The van der Waals surface area contributed by atoms with E-state index in [4.69, 9.17) is 4.74 Å². The Kier molecular flexibility index (Phi) is 2.70. The Morgan fingerprint density at radius 3 is 3.10 bits per heavy atom. The molecule has 108 valence electrons. The number of hydrogen-bond donors (Lipinski definition) is 1. The number of likely N-dealkylation sites (tertiary alicyclic amines) is 1. The number of H-pyrrole nitrogens is 1. The maximum Gasteiger partial charge on any atom is 0.311 e. The number of cyclic esters (lactones) is 1. The van der Waals surface area contributed by atoms with Crippen LogP contribution in [0, 0.1) is 11.8 Å². The van der Waals surface area contributed by atoms with Crippen molar-refractivity contribution < 1.29 is 14.3 Å². The highest BCUT2D eigenvalue weighted by molar-refractivity contribution is 5.88. The fourth-order valence-corrected chi connectivity index (χ4v) is 3.22. The quantitative estimate of drug-likeness (QED) is 0.826. The van der Waals surface area contributed by atoms with Gasteiger partial charge in [0.05, 0.1) is 30.2 Å². The Bertz CT molecular complexity index is 724. The Morgan fingerprint density at radius 2 is 2.24 bits per heavy atom. The second kappa shape index (κ2) is 4.58. The number of benzene rings is 1. The number of hydrogen-bond acceptors (Lipinski definition) is 4. The topological polar surface area (TPSA) is 75.3 Å². The number of amides is 1. The summed E-state index contributed by atoms with van der Waals surface area (Å²) in [6.07, 6.45) is 0.287. The Labute approximate surface area is 121 Å². The van der Waals surface area contributed by atoms with Gasteiger partial charge in [0.15, 0.2) is 0 Å². The van der Waals surface area contributed by atoms with Crippen LogP contribution >= 0.6 is 0 Å². The minimum Gasteiger partial charge on any atom is -0.465 e. The third-order valence-electron chi connectivity index (χ3n) is 4.40. The summed E-state index contributed by atoms with van der Waals surface area (Å²) in [5.74, 6) is -0.0960. The van der Waals surface area contributed by atoms with E-state index in [0.717, 1.165) is 16.6 Å². The zero-order valence-electron chi connectivity index (χ0n) is 11.4. The van der Waals surface area contributed by atoms with Gasteiger partial charge < -0.3 is 9.64 Å². The van der Waals surface area contributed by atoms with Crippen molar-refractivity contribution in [2.24, 2.45) is 11.8 Å². The number of carbonyl (C=O) groups is 2. The van der Waals surface area contributed by atoms with Crippen molar-refractivity contribution >= 4 is 22.8 Å². The normalized spacial score (nSPS) is 24.4. The average molecular weight is 285 g/mol. The van der Waals surface area contributed by atoms with Crippen molar-refractivity contribution in [3.8, 4) is 0 Å². The SMILES string of the molecule is O=C1OC[C@H]2CN(C(=O)Cc3[nH]nc4ccccc34)C[C@@H]12. The van der Waals surface area contributed by atoms with E-state index in [2.05, 4.69) is 10.2 Å². The summed E-state index contributed by atoms with van der Waals surface area (Å²) < 4.78 is 5.02. The minimum atomic E-state index is -0.165. The monoisotopic (exact) mass is 285 g/mol. The van der Waals surface area contributed by atoms with Gasteiger partial charge in [-0.15, -0.1) is 0 Å². The molecular weight excluding hydrogens is 270 g/mol. The van der Waals surface area contributed by atoms with Crippen LogP contribution in [0.2, 0.25) is 0 Å². The van der Waals surface area contributed by atoms with Crippen molar-refractivity contribution in [2.45, 2.75) is 6.42 Å². The molecule has 0 aliphatic carbocycles. The lowest BCUT2D eigenvalue weighted by atomic mass is 10.0. The molecule has 2 aliphatic rings. The molecule has 1 aromatic heterocycles. The summed E-state index contributed by atoms with van der Waals surface area (Å²) in [4.78, 5) is 25.7. The smallest absolute Gasteiger partial charge is 0.311 e. The Hall–Kier alpha value is -2.37. The van der Waals surface area contributed by atoms with Crippen LogP contribution in [0.4, 0.5) is 0 Å². The number of nitrogens with one attached hydrogen (secondary N) is 1. The highest BCUT2D eigenvalue weighted by atomic mass is 16.5. The van der Waals surface area contributed by atoms with E-state index < -0.39 is 0 Å². The number of carbonyl (C=O) groups excluding carboxylic acids is 2. The van der Waals surface area contributed by atoms with Gasteiger partial charge in [-0.3, -0.25) is 14.7 Å². The largest absolute Gasteiger partial charge is 0.465 e. The van der Waals surface area contributed by atoms with Gasteiger partial charge in [0.1, 0.15) is 0 Å². The van der Waals surface area contributed by atoms with E-state index in [9.17, 15) is 9.59 Å². The number of nitrogens with zero attached hydrogens (tertiary/aromatic N) is 2. The molecule has 0 unspecified atom stereocenters. The molecule has 2 fully saturated rings. The van der Waals surface area contributed by atoms with Gasteiger partial charge in [0, 0.05) is 24.4 Å². The molecule has 1 amide bonds. The van der Waals surface area contributed by atoms with Gasteiger partial charge in [-0.2, -0.15) is 5.10 Å². The van der Waals surface area contributed by atoms with Crippen LogP contribution in [0.15, 0.2) is 24.3 Å². The molecule has 1 N–H and O–H groups in total. The maximum atomic E-state index is 12.4. The molecule has 2 saturated heterocycles. The van der Waals surface area contributed by atoms with Crippen molar-refractivity contribution in [2.75, 3.05) is 19.7 Å². The summed E-state index contributed by atoms with van der Waals surface area (Å²) in [6.45, 7) is 1.54. The van der Waals surface area contributed by atoms with E-state index in [1.165, 1.54) is 0 Å². The van der Waals surface area contributed by atoms with Crippen LogP contribution in [0.3, 0.4) is 0 Å². The first-order chi connectivity index (χ1) is 10.2. The summed E-state index contributed by atoms with van der Waals surface area (Å²) >= 11 is 0. The van der Waals surface area contributed by atoms with Crippen molar-refractivity contribution in [3.63, 3.8) is 0 Å². The zero-order valence-corrected chi connectivity index (χ0v) is 11.4. The van der Waals surface area contributed by atoms with Crippen LogP contribution < -0.4 is 0 Å². The average Bonchev–Trinajstić information content (AvgIpc) is 3.16. The molecule has 3 heterocycles. The van der Waals surface area contributed by atoms with Crippen molar-refractivity contribution in [1.82, 2.24) is 15.1 Å². The fourth-order valence-electron chi connectivity index (χ4n) is 3.22. The number of rotatable bonds is 2. The third kappa shape index (κ3) is 1.98. The van der Waals surface area contributed by atoms with Gasteiger partial charge in [-0.25, -0.2) is 0 Å². The number of esters is 1. The van der Waals surface area contributed by atoms with Crippen LogP contribution in [-0.4, -0.2) is 46.7 Å². The fraction of sp³-hybridized carbons (Fsp3) is 0.400. The molecule has 2 atom stereocenters. The lowest BCUT2D eigenvalue weighted by Crippen LogP contribution is -2.32. The Balaban J connectivity index is 1.50. The zero-order chi connectivity index (χ0) is 14.4. The number of para-hydroxylation sites is 1. The molecule has 0 radical (unpaired) electrons. The van der Waals surface area contributed by atoms with E-state index in [0.29, 0.717) is 19.7 Å². The molecule has 0 spiro atoms. The van der Waals surface area contributed by atoms with E-state index in [1.807, 2.05) is 24.3 Å². The van der Waals surface area contributed by atoms with E-state index in [1.54, 1.807) is 4.90 Å². The molecule has 6 heteroatoms. The lowest BCUT2D eigenvalue weighted by molar-refractivity contribution is -0.142. The molecule has 1 aromatic carbocycles. The van der Waals surface area contributed by atoms with Crippen LogP contribution in [-0.2, 0) is 20.7 Å². The van der Waals surface area contributed by atoms with Crippen LogP contribution in [0.25, 0.3) is 10.9 Å². The molecule has 0 bridgehead atoms. The first-order valence-corrected chi connectivity index (χ1v) is 7.09. The van der Waals surface area contributed by atoms with Gasteiger partial charge >= 0.3 is 5.97 Å². The lowest BCUT2D eigenvalue weighted by Gasteiger charge is -2.16. The van der Waals surface area contributed by atoms with Crippen LogP contribution in [0.1, 0.15) is 5.69 Å². The van der Waals surface area contributed by atoms with E-state index in [-0.39, 0.29) is 30.1 Å². The van der Waals surface area contributed by atoms with E-state index >= 15 is 0 Å². The molecular formula is C15H15N3O3. The number of ether oxygens (including phenoxy) is 1. The molecule has 21 heavy (non-hydrogen) atoms. The molecule has 6 nitrogen and oxygen atoms in total. The predicted molar refractivity (Wildman–Crippen MR) is 74.3 cm³/mol. The van der Waals surface area contributed by atoms with Crippen LogP contribution in [0.5, 0.6) is 0 Å². The summed E-state index contributed by atoms with van der Waals surface area (Å²) in [5.41, 5.74) is 1.69. The van der Waals surface area contributed by atoms with Gasteiger partial charge in [-0.05, 0) is 6.07 Å². The predicted octanol–water partition coefficient (Wildman–Crippen LogP) is 0.737. The van der Waals surface area contributed by atoms with Crippen molar-refractivity contribution in [3.05, 3.63) is 30.0 Å². The maximum absolute atomic E-state index is 12.4. The van der Waals surface area contributed by atoms with Gasteiger partial charge in [0.25, 0.3) is 0 Å². The molecule has 4 rings (SSSR count). The summed E-state index contributed by atoms with van der Waals surface area (Å²) in [5, 5.41) is 8.11. The summed E-state index contributed by atoms with van der Waals surface area (Å²) in [6, 6.07) is 7.72. The Morgan fingerprint density at radius 1 is 1.38 bits per heavy atom. The molecule has 2 aromatic rings. The summed E-state index contributed by atoms with van der Waals surface area (Å²) in [7, 11) is 0. The highest BCUT2D eigenvalue weighted by Crippen LogP contribution is 2.30. The second-order valence-corrected chi connectivity index (χ2v) is 5.69. The first kappa shape index (κ1) is 12.4. The number of aromatic nitrogens is 2. The second-order valence-electron chi connectivity index (χ2n) is 5.69. The standard InChI is InChI=1S/C15H15N3O3/c19-14(18-6-9-8-21-15(20)11(9)7-18)5-13-10-3-1-2-4-12(10)16-17-13/h1-4,9,11H,5-8H2,(H,16,17)/t9-,11-/m1/s1. The first-order valence-electron chi connectivity index (χ1n) is 7.09. The molecule has 2 aliphatic heterocycles. The molecule has 0 saturated carbocycles. The number of fused-ring (bicyclic) bond motifs is 2. The van der Waals surface area contributed by atoms with Gasteiger partial charge in [0.2, 0.25) is 5.91 Å². The third-order valence-corrected chi connectivity index (χ3v) is 4.40. The van der Waals surface area contributed by atoms with Gasteiger partial charge in [-0.1, -0.05) is 18.2 Å². The van der Waals surface area contributed by atoms with Crippen molar-refractivity contribution in [1.29, 1.82) is 0 Å². The minimum absolute atomic E-state index is 0.0339.